The van der Waals surface area contributed by atoms with E-state index in [0.717, 1.165) is 23.5 Å². The maximum atomic E-state index is 13.4. The predicted octanol–water partition coefficient (Wildman–Crippen LogP) is 2.44. The maximum absolute atomic E-state index is 13.4. The number of carboxylic acid groups (broad SMARTS) is 1. The van der Waals surface area contributed by atoms with E-state index in [1.807, 2.05) is 0 Å². The molecule has 2 rings (SSSR count). The monoisotopic (exact) mass is 284 g/mol. The summed E-state index contributed by atoms with van der Waals surface area (Å²) in [6, 6.07) is 1.17. The summed E-state index contributed by atoms with van der Waals surface area (Å²) in [6.45, 7) is 0.297. The Morgan fingerprint density at radius 1 is 1.30 bits per heavy atom. The summed E-state index contributed by atoms with van der Waals surface area (Å²) in [7, 11) is 0. The fourth-order valence-electron chi connectivity index (χ4n) is 2.21. The molecule has 5 nitrogen and oxygen atoms in total. The molecule has 1 aromatic rings. The number of rotatable bonds is 2. The van der Waals surface area contributed by atoms with Crippen LogP contribution in [0.15, 0.2) is 18.2 Å². The van der Waals surface area contributed by atoms with Gasteiger partial charge in [-0.25, -0.2) is 18.4 Å². The van der Waals surface area contributed by atoms with E-state index in [0.29, 0.717) is 25.5 Å². The summed E-state index contributed by atoms with van der Waals surface area (Å²) in [5.41, 5.74) is -0.175. The van der Waals surface area contributed by atoms with Crippen LogP contribution in [-0.2, 0) is 4.79 Å². The predicted molar refractivity (Wildman–Crippen MR) is 67.4 cm³/mol. The van der Waals surface area contributed by atoms with Gasteiger partial charge in [0.1, 0.15) is 17.7 Å². The third kappa shape index (κ3) is 3.04. The fraction of sp³-hybridized carbons (Fsp3) is 0.385. The van der Waals surface area contributed by atoms with Crippen LogP contribution in [0.25, 0.3) is 0 Å². The van der Waals surface area contributed by atoms with E-state index >= 15 is 0 Å². The van der Waals surface area contributed by atoms with E-state index in [9.17, 15) is 18.4 Å². The molecule has 1 aliphatic heterocycles. The normalized spacial score (nSPS) is 18.7. The Balaban J connectivity index is 2.12. The van der Waals surface area contributed by atoms with Crippen LogP contribution in [-0.4, -0.2) is 34.6 Å². The molecule has 1 saturated heterocycles. The number of carbonyl (C=O) groups is 2. The van der Waals surface area contributed by atoms with Gasteiger partial charge in [-0.1, -0.05) is 0 Å². The van der Waals surface area contributed by atoms with E-state index in [1.54, 1.807) is 0 Å². The van der Waals surface area contributed by atoms with Crippen LogP contribution < -0.4 is 5.32 Å². The Morgan fingerprint density at radius 2 is 2.05 bits per heavy atom. The number of urea groups is 1. The van der Waals surface area contributed by atoms with Crippen LogP contribution in [0.3, 0.4) is 0 Å². The largest absolute Gasteiger partial charge is 0.480 e. The molecule has 0 aromatic heterocycles. The molecule has 1 aliphatic rings. The molecule has 1 aromatic carbocycles. The van der Waals surface area contributed by atoms with E-state index < -0.39 is 29.7 Å². The number of aliphatic carboxylic acids is 1. The van der Waals surface area contributed by atoms with Crippen molar-refractivity contribution < 1.29 is 23.5 Å². The number of hydrogen-bond acceptors (Lipinski definition) is 2. The highest BCUT2D eigenvalue weighted by Crippen LogP contribution is 2.20. The Bertz CT molecular complexity index is 536. The molecular weight excluding hydrogens is 270 g/mol. The van der Waals surface area contributed by atoms with Crippen molar-refractivity contribution in [1.82, 2.24) is 4.90 Å². The Kier molecular flexibility index (Phi) is 4.16. The molecule has 2 amide bonds. The second-order valence-electron chi connectivity index (χ2n) is 4.60. The number of carboxylic acids is 1. The number of nitrogens with zero attached hydrogens (tertiary/aromatic N) is 1. The number of hydrogen-bond donors (Lipinski definition) is 2. The molecule has 0 saturated carbocycles. The van der Waals surface area contributed by atoms with Crippen LogP contribution in [0.5, 0.6) is 0 Å². The highest BCUT2D eigenvalue weighted by molar-refractivity contribution is 5.92. The van der Waals surface area contributed by atoms with Crippen molar-refractivity contribution in [2.75, 3.05) is 11.9 Å². The standard InChI is InChI=1S/C13H14F2N2O3/c14-8-4-5-10(9(15)7-8)16-13(20)17-6-2-1-3-11(17)12(18)19/h4-5,7,11H,1-3,6H2,(H,16,20)(H,18,19)/t11-/m0/s1. The second-order valence-corrected chi connectivity index (χ2v) is 4.60. The summed E-state index contributed by atoms with van der Waals surface area (Å²) >= 11 is 0. The maximum Gasteiger partial charge on any atom is 0.326 e. The lowest BCUT2D eigenvalue weighted by Crippen LogP contribution is -2.49. The van der Waals surface area contributed by atoms with Crippen molar-refractivity contribution in [1.29, 1.82) is 0 Å². The lowest BCUT2D eigenvalue weighted by atomic mass is 10.0. The van der Waals surface area contributed by atoms with E-state index in [-0.39, 0.29) is 5.69 Å². The minimum atomic E-state index is -1.08. The smallest absolute Gasteiger partial charge is 0.326 e. The minimum absolute atomic E-state index is 0.175. The lowest BCUT2D eigenvalue weighted by molar-refractivity contribution is -0.143. The van der Waals surface area contributed by atoms with Crippen molar-refractivity contribution in [2.45, 2.75) is 25.3 Å². The van der Waals surface area contributed by atoms with Crippen molar-refractivity contribution in [3.63, 3.8) is 0 Å². The summed E-state index contributed by atoms with van der Waals surface area (Å²) in [5.74, 6) is -2.73. The minimum Gasteiger partial charge on any atom is -0.480 e. The van der Waals surface area contributed by atoms with E-state index in [1.165, 1.54) is 0 Å². The quantitative estimate of drug-likeness (QED) is 0.876. The van der Waals surface area contributed by atoms with Gasteiger partial charge in [-0.15, -0.1) is 0 Å². The van der Waals surface area contributed by atoms with Gasteiger partial charge >= 0.3 is 12.0 Å². The van der Waals surface area contributed by atoms with Gasteiger partial charge in [0.05, 0.1) is 5.69 Å². The third-order valence-electron chi connectivity index (χ3n) is 3.22. The molecule has 108 valence electrons. The Labute approximate surface area is 114 Å². The summed E-state index contributed by atoms with van der Waals surface area (Å²) < 4.78 is 26.2. The van der Waals surface area contributed by atoms with Crippen LogP contribution in [0, 0.1) is 11.6 Å². The molecular formula is C13H14F2N2O3. The first kappa shape index (κ1) is 14.2. The van der Waals surface area contributed by atoms with Gasteiger partial charge in [0.2, 0.25) is 0 Å². The number of amides is 2. The highest BCUT2D eigenvalue weighted by Gasteiger charge is 2.32. The van der Waals surface area contributed by atoms with Gasteiger partial charge in [0.15, 0.2) is 0 Å². The van der Waals surface area contributed by atoms with Crippen molar-refractivity contribution in [3.05, 3.63) is 29.8 Å². The van der Waals surface area contributed by atoms with Crippen LogP contribution >= 0.6 is 0 Å². The molecule has 20 heavy (non-hydrogen) atoms. The first-order valence-electron chi connectivity index (χ1n) is 6.24. The van der Waals surface area contributed by atoms with Gasteiger partial charge < -0.3 is 15.3 Å². The van der Waals surface area contributed by atoms with Crippen LogP contribution in [0.1, 0.15) is 19.3 Å². The molecule has 1 heterocycles. The molecule has 0 spiro atoms. The average Bonchev–Trinajstić information content (AvgIpc) is 2.41. The first-order chi connectivity index (χ1) is 9.49. The SMILES string of the molecule is O=C(O)[C@@H]1CCCCN1C(=O)Nc1ccc(F)cc1F. The second kappa shape index (κ2) is 5.85. The number of anilines is 1. The molecule has 2 N–H and O–H groups in total. The molecule has 1 fully saturated rings. The zero-order valence-corrected chi connectivity index (χ0v) is 10.6. The summed E-state index contributed by atoms with van der Waals surface area (Å²) in [4.78, 5) is 24.3. The van der Waals surface area contributed by atoms with Crippen molar-refractivity contribution >= 4 is 17.7 Å². The molecule has 7 heteroatoms. The zero-order valence-electron chi connectivity index (χ0n) is 10.6. The topological polar surface area (TPSA) is 69.6 Å². The molecule has 0 unspecified atom stereocenters. The van der Waals surface area contributed by atoms with E-state index in [2.05, 4.69) is 5.32 Å². The van der Waals surface area contributed by atoms with Gasteiger partial charge in [-0.05, 0) is 31.4 Å². The molecule has 0 bridgehead atoms. The first-order valence-corrected chi connectivity index (χ1v) is 6.24. The van der Waals surface area contributed by atoms with Crippen molar-refractivity contribution in [2.24, 2.45) is 0 Å². The van der Waals surface area contributed by atoms with Crippen LogP contribution in [0.4, 0.5) is 19.3 Å². The number of piperidine rings is 1. The van der Waals surface area contributed by atoms with Gasteiger partial charge in [0.25, 0.3) is 0 Å². The number of carbonyl (C=O) groups excluding carboxylic acids is 1. The lowest BCUT2D eigenvalue weighted by Gasteiger charge is -2.32. The molecule has 1 atom stereocenters. The number of benzene rings is 1. The number of likely N-dealkylation sites (tertiary alicyclic amines) is 1. The molecule has 0 radical (unpaired) electrons. The van der Waals surface area contributed by atoms with E-state index in [4.69, 9.17) is 5.11 Å². The zero-order chi connectivity index (χ0) is 14.7. The number of nitrogens with one attached hydrogen (secondary N) is 1. The Hall–Kier alpha value is -2.18. The van der Waals surface area contributed by atoms with Gasteiger partial charge in [-0.3, -0.25) is 0 Å². The van der Waals surface area contributed by atoms with Crippen LogP contribution in [0.2, 0.25) is 0 Å². The number of halogens is 2. The van der Waals surface area contributed by atoms with Crippen molar-refractivity contribution in [3.8, 4) is 0 Å². The third-order valence-corrected chi connectivity index (χ3v) is 3.22. The molecule has 0 aliphatic carbocycles. The summed E-state index contributed by atoms with van der Waals surface area (Å²) in [5, 5.41) is 11.3. The fourth-order valence-corrected chi connectivity index (χ4v) is 2.21. The van der Waals surface area contributed by atoms with Gasteiger partial charge in [-0.2, -0.15) is 0 Å². The average molecular weight is 284 g/mol. The van der Waals surface area contributed by atoms with Gasteiger partial charge in [0, 0.05) is 12.6 Å². The Morgan fingerprint density at radius 3 is 2.70 bits per heavy atom. The highest BCUT2D eigenvalue weighted by atomic mass is 19.1. The summed E-state index contributed by atoms with van der Waals surface area (Å²) in [6.07, 6.45) is 1.80.